The van der Waals surface area contributed by atoms with Crippen LogP contribution in [0, 0.1) is 0 Å². The summed E-state index contributed by atoms with van der Waals surface area (Å²) in [5.41, 5.74) is 0.542. The molecule has 0 fully saturated rings. The molecule has 0 aliphatic rings. The maximum atomic E-state index is 12.5. The van der Waals surface area contributed by atoms with E-state index in [9.17, 15) is 22.7 Å². The van der Waals surface area contributed by atoms with Gasteiger partial charge in [-0.3, -0.25) is 0 Å². The van der Waals surface area contributed by atoms with Crippen LogP contribution in [0.1, 0.15) is 11.7 Å². The van der Waals surface area contributed by atoms with Crippen LogP contribution in [0.4, 0.5) is 17.6 Å². The minimum absolute atomic E-state index is 0.202. The Morgan fingerprint density at radius 1 is 1.18 bits per heavy atom. The molecule has 0 heterocycles. The van der Waals surface area contributed by atoms with E-state index in [2.05, 4.69) is 5.32 Å². The van der Waals surface area contributed by atoms with Crippen LogP contribution in [0.2, 0.25) is 0 Å². The van der Waals surface area contributed by atoms with Crippen molar-refractivity contribution >= 4 is 0 Å². The predicted octanol–water partition coefficient (Wildman–Crippen LogP) is 2.21. The Kier molecular flexibility index (Phi) is 4.89. The maximum Gasteiger partial charge on any atom is 0.319 e. The molecular formula is C11H13F4NO. The van der Waals surface area contributed by atoms with Crippen molar-refractivity contribution in [3.63, 3.8) is 0 Å². The highest BCUT2D eigenvalue weighted by molar-refractivity contribution is 5.17. The summed E-state index contributed by atoms with van der Waals surface area (Å²) in [6, 6.07) is 8.36. The molecule has 17 heavy (non-hydrogen) atoms. The average Bonchev–Trinajstić information content (AvgIpc) is 2.29. The normalized spacial score (nSPS) is 14.0. The van der Waals surface area contributed by atoms with Crippen LogP contribution in [0.3, 0.4) is 0 Å². The van der Waals surface area contributed by atoms with E-state index < -0.39 is 25.0 Å². The number of rotatable bonds is 6. The molecule has 1 aromatic rings. The number of halogens is 4. The Labute approximate surface area is 96.3 Å². The SMILES string of the molecule is OC(CNCC(F)(F)C(F)F)c1ccccc1. The molecule has 0 aliphatic heterocycles. The van der Waals surface area contributed by atoms with Gasteiger partial charge in [-0.05, 0) is 5.56 Å². The second-order valence-corrected chi connectivity index (χ2v) is 3.62. The third-order valence-corrected chi connectivity index (χ3v) is 2.20. The molecule has 2 nitrogen and oxygen atoms in total. The first-order valence-corrected chi connectivity index (χ1v) is 5.03. The summed E-state index contributed by atoms with van der Waals surface area (Å²) in [7, 11) is 0. The van der Waals surface area contributed by atoms with Gasteiger partial charge in [-0.2, -0.15) is 8.78 Å². The molecule has 2 N–H and O–H groups in total. The fraction of sp³-hybridized carbons (Fsp3) is 0.455. The van der Waals surface area contributed by atoms with Crippen molar-refractivity contribution in [2.45, 2.75) is 18.5 Å². The summed E-state index contributed by atoms with van der Waals surface area (Å²) in [5, 5.41) is 11.7. The number of hydrogen-bond acceptors (Lipinski definition) is 2. The monoisotopic (exact) mass is 251 g/mol. The zero-order valence-corrected chi connectivity index (χ0v) is 8.91. The smallest absolute Gasteiger partial charge is 0.319 e. The summed E-state index contributed by atoms with van der Waals surface area (Å²) in [6.07, 6.45) is -4.70. The van der Waals surface area contributed by atoms with Gasteiger partial charge in [-0.25, -0.2) is 8.78 Å². The van der Waals surface area contributed by atoms with Crippen LogP contribution < -0.4 is 5.32 Å². The van der Waals surface area contributed by atoms with Gasteiger partial charge in [0.15, 0.2) is 0 Å². The number of aliphatic hydroxyl groups is 1. The van der Waals surface area contributed by atoms with Crippen molar-refractivity contribution in [2.24, 2.45) is 0 Å². The number of aliphatic hydroxyl groups excluding tert-OH is 1. The van der Waals surface area contributed by atoms with Crippen LogP contribution in [-0.2, 0) is 0 Å². The Balaban J connectivity index is 2.37. The lowest BCUT2D eigenvalue weighted by atomic mass is 10.1. The molecular weight excluding hydrogens is 238 g/mol. The van der Waals surface area contributed by atoms with Crippen LogP contribution in [0.25, 0.3) is 0 Å². The molecule has 1 rings (SSSR count). The van der Waals surface area contributed by atoms with Crippen LogP contribution >= 0.6 is 0 Å². The van der Waals surface area contributed by atoms with E-state index in [1.807, 2.05) is 0 Å². The Morgan fingerprint density at radius 3 is 2.29 bits per heavy atom. The summed E-state index contributed by atoms with van der Waals surface area (Å²) >= 11 is 0. The van der Waals surface area contributed by atoms with Crippen LogP contribution in [0.15, 0.2) is 30.3 Å². The van der Waals surface area contributed by atoms with E-state index in [0.717, 1.165) is 0 Å². The molecule has 0 saturated heterocycles. The fourth-order valence-electron chi connectivity index (χ4n) is 1.25. The van der Waals surface area contributed by atoms with Gasteiger partial charge in [0.25, 0.3) is 0 Å². The Morgan fingerprint density at radius 2 is 1.76 bits per heavy atom. The molecule has 6 heteroatoms. The highest BCUT2D eigenvalue weighted by atomic mass is 19.3. The van der Waals surface area contributed by atoms with E-state index >= 15 is 0 Å². The number of benzene rings is 1. The van der Waals surface area contributed by atoms with Gasteiger partial charge < -0.3 is 10.4 Å². The fourth-order valence-corrected chi connectivity index (χ4v) is 1.25. The molecule has 0 bridgehead atoms. The molecule has 0 aromatic heterocycles. The van der Waals surface area contributed by atoms with Crippen LogP contribution in [0.5, 0.6) is 0 Å². The summed E-state index contributed by atoms with van der Waals surface area (Å²) in [5.74, 6) is -4.07. The Bertz CT molecular complexity index is 332. The molecule has 1 aromatic carbocycles. The van der Waals surface area contributed by atoms with Crippen molar-refractivity contribution in [2.75, 3.05) is 13.1 Å². The van der Waals surface area contributed by atoms with Gasteiger partial charge >= 0.3 is 12.3 Å². The van der Waals surface area contributed by atoms with Gasteiger partial charge in [0.05, 0.1) is 12.6 Å². The molecule has 96 valence electrons. The van der Waals surface area contributed by atoms with E-state index in [1.54, 1.807) is 30.3 Å². The third kappa shape index (κ3) is 4.32. The molecule has 0 radical (unpaired) electrons. The van der Waals surface area contributed by atoms with E-state index in [4.69, 9.17) is 0 Å². The number of hydrogen-bond donors (Lipinski definition) is 2. The van der Waals surface area contributed by atoms with Crippen molar-refractivity contribution in [3.8, 4) is 0 Å². The quantitative estimate of drug-likeness (QED) is 0.760. The number of alkyl halides is 4. The molecule has 0 amide bonds. The van der Waals surface area contributed by atoms with Crippen molar-refractivity contribution in [3.05, 3.63) is 35.9 Å². The summed E-state index contributed by atoms with van der Waals surface area (Å²) in [4.78, 5) is 0. The lowest BCUT2D eigenvalue weighted by Crippen LogP contribution is -2.40. The molecule has 0 spiro atoms. The van der Waals surface area contributed by atoms with Gasteiger partial charge in [-0.15, -0.1) is 0 Å². The molecule has 1 unspecified atom stereocenters. The second-order valence-electron chi connectivity index (χ2n) is 3.62. The van der Waals surface area contributed by atoms with E-state index in [0.29, 0.717) is 5.56 Å². The minimum Gasteiger partial charge on any atom is -0.387 e. The van der Waals surface area contributed by atoms with Gasteiger partial charge in [0.2, 0.25) is 0 Å². The zero-order chi connectivity index (χ0) is 12.9. The topological polar surface area (TPSA) is 32.3 Å². The predicted molar refractivity (Wildman–Crippen MR) is 55.2 cm³/mol. The minimum atomic E-state index is -4.07. The number of nitrogens with one attached hydrogen (secondary N) is 1. The lowest BCUT2D eigenvalue weighted by molar-refractivity contribution is -0.125. The highest BCUT2D eigenvalue weighted by Crippen LogP contribution is 2.21. The lowest BCUT2D eigenvalue weighted by Gasteiger charge is -2.17. The largest absolute Gasteiger partial charge is 0.387 e. The van der Waals surface area contributed by atoms with Crippen LogP contribution in [-0.4, -0.2) is 30.5 Å². The van der Waals surface area contributed by atoms with Gasteiger partial charge in [0.1, 0.15) is 0 Å². The standard InChI is InChI=1S/C11H13F4NO/c12-10(13)11(14,15)7-16-6-9(17)8-4-2-1-3-5-8/h1-5,9-10,16-17H,6-7H2. The summed E-state index contributed by atoms with van der Waals surface area (Å²) < 4.78 is 48.6. The molecule has 0 aliphatic carbocycles. The summed E-state index contributed by atoms with van der Waals surface area (Å²) in [6.45, 7) is -1.36. The first-order valence-electron chi connectivity index (χ1n) is 5.03. The van der Waals surface area contributed by atoms with Crippen molar-refractivity contribution in [1.82, 2.24) is 5.32 Å². The molecule has 1 atom stereocenters. The first kappa shape index (κ1) is 13.9. The van der Waals surface area contributed by atoms with E-state index in [1.165, 1.54) is 0 Å². The van der Waals surface area contributed by atoms with Gasteiger partial charge in [-0.1, -0.05) is 30.3 Å². The Hall–Kier alpha value is -1.14. The third-order valence-electron chi connectivity index (χ3n) is 2.20. The molecule has 0 saturated carbocycles. The van der Waals surface area contributed by atoms with Crippen molar-refractivity contribution < 1.29 is 22.7 Å². The van der Waals surface area contributed by atoms with E-state index in [-0.39, 0.29) is 6.54 Å². The second kappa shape index (κ2) is 5.97. The maximum absolute atomic E-state index is 12.5. The first-order chi connectivity index (χ1) is 7.93. The van der Waals surface area contributed by atoms with Gasteiger partial charge in [0, 0.05) is 6.54 Å². The average molecular weight is 251 g/mol. The zero-order valence-electron chi connectivity index (χ0n) is 8.91. The highest BCUT2D eigenvalue weighted by Gasteiger charge is 2.40. The van der Waals surface area contributed by atoms with Crippen molar-refractivity contribution in [1.29, 1.82) is 0 Å².